The van der Waals surface area contributed by atoms with Gasteiger partial charge in [-0.25, -0.2) is 8.42 Å². The molecule has 106 valence electrons. The molecule has 0 aliphatic carbocycles. The standard InChI is InChI=1S/C15H17NO3S/c1-10-7-8-11(2)15(9-10)20(18,19)16-13-5-4-6-14(17)12(13)3/h4-9,16-17H,1-3H3. The molecule has 0 atom stereocenters. The van der Waals surface area contributed by atoms with Gasteiger partial charge in [-0.3, -0.25) is 4.72 Å². The zero-order chi connectivity index (χ0) is 14.9. The number of benzene rings is 2. The second kappa shape index (κ2) is 5.17. The molecule has 0 saturated heterocycles. The molecule has 5 heteroatoms. The monoisotopic (exact) mass is 291 g/mol. The number of aryl methyl sites for hydroxylation is 2. The Labute approximate surface area is 119 Å². The minimum Gasteiger partial charge on any atom is -0.508 e. The molecule has 4 nitrogen and oxygen atoms in total. The molecule has 2 aromatic carbocycles. The van der Waals surface area contributed by atoms with Crippen LogP contribution in [0.15, 0.2) is 41.3 Å². The van der Waals surface area contributed by atoms with E-state index in [0.29, 0.717) is 16.8 Å². The van der Waals surface area contributed by atoms with Gasteiger partial charge in [-0.15, -0.1) is 0 Å². The smallest absolute Gasteiger partial charge is 0.262 e. The third-order valence-electron chi connectivity index (χ3n) is 3.18. The SMILES string of the molecule is Cc1ccc(C)c(S(=O)(=O)Nc2cccc(O)c2C)c1. The Hall–Kier alpha value is -2.01. The van der Waals surface area contributed by atoms with Crippen LogP contribution >= 0.6 is 0 Å². The summed E-state index contributed by atoms with van der Waals surface area (Å²) in [6, 6.07) is 10.0. The van der Waals surface area contributed by atoms with E-state index >= 15 is 0 Å². The summed E-state index contributed by atoms with van der Waals surface area (Å²) in [6.07, 6.45) is 0. The highest BCUT2D eigenvalue weighted by atomic mass is 32.2. The van der Waals surface area contributed by atoms with Gasteiger partial charge in [-0.2, -0.15) is 0 Å². The number of hydrogen-bond donors (Lipinski definition) is 2. The number of nitrogens with one attached hydrogen (secondary N) is 1. The first-order chi connectivity index (χ1) is 9.31. The Kier molecular flexibility index (Phi) is 3.72. The van der Waals surface area contributed by atoms with Gasteiger partial charge < -0.3 is 5.11 Å². The fourth-order valence-corrected chi connectivity index (χ4v) is 3.38. The van der Waals surface area contributed by atoms with E-state index in [1.54, 1.807) is 38.1 Å². The number of phenols is 1. The van der Waals surface area contributed by atoms with Crippen LogP contribution in [0.5, 0.6) is 5.75 Å². The van der Waals surface area contributed by atoms with Crippen LogP contribution in [-0.4, -0.2) is 13.5 Å². The Morgan fingerprint density at radius 1 is 1.05 bits per heavy atom. The van der Waals surface area contributed by atoms with Crippen molar-refractivity contribution in [3.63, 3.8) is 0 Å². The molecule has 0 heterocycles. The Morgan fingerprint density at radius 3 is 2.45 bits per heavy atom. The summed E-state index contributed by atoms with van der Waals surface area (Å²) in [5.74, 6) is 0.0613. The normalized spacial score (nSPS) is 11.3. The minimum absolute atomic E-state index is 0.0613. The van der Waals surface area contributed by atoms with Crippen LogP contribution in [0, 0.1) is 20.8 Å². The van der Waals surface area contributed by atoms with Crippen molar-refractivity contribution in [3.8, 4) is 5.75 Å². The van der Waals surface area contributed by atoms with E-state index in [2.05, 4.69) is 4.72 Å². The first-order valence-corrected chi connectivity index (χ1v) is 7.68. The molecular weight excluding hydrogens is 274 g/mol. The van der Waals surface area contributed by atoms with Gasteiger partial charge in [-0.1, -0.05) is 18.2 Å². The molecule has 0 bridgehead atoms. The summed E-state index contributed by atoms with van der Waals surface area (Å²) in [7, 11) is -3.67. The Morgan fingerprint density at radius 2 is 1.75 bits per heavy atom. The molecule has 0 aliphatic heterocycles. The molecule has 20 heavy (non-hydrogen) atoms. The predicted octanol–water partition coefficient (Wildman–Crippen LogP) is 3.12. The van der Waals surface area contributed by atoms with Crippen molar-refractivity contribution in [3.05, 3.63) is 53.1 Å². The molecule has 0 amide bonds. The van der Waals surface area contributed by atoms with Crippen molar-refractivity contribution >= 4 is 15.7 Å². The van der Waals surface area contributed by atoms with Gasteiger partial charge >= 0.3 is 0 Å². The Bertz CT molecular complexity index is 752. The summed E-state index contributed by atoms with van der Waals surface area (Å²) in [5, 5.41) is 9.63. The maximum absolute atomic E-state index is 12.4. The molecule has 0 spiro atoms. The Balaban J connectivity index is 2.46. The molecular formula is C15H17NO3S. The summed E-state index contributed by atoms with van der Waals surface area (Å²) >= 11 is 0. The number of sulfonamides is 1. The summed E-state index contributed by atoms with van der Waals surface area (Å²) in [5.41, 5.74) is 2.44. The van der Waals surface area contributed by atoms with Crippen LogP contribution in [-0.2, 0) is 10.0 Å². The highest BCUT2D eigenvalue weighted by Gasteiger charge is 2.18. The molecule has 2 N–H and O–H groups in total. The fraction of sp³-hybridized carbons (Fsp3) is 0.200. The molecule has 2 aromatic rings. The van der Waals surface area contributed by atoms with Gasteiger partial charge in [0, 0.05) is 5.56 Å². The van der Waals surface area contributed by atoms with Crippen molar-refractivity contribution in [2.45, 2.75) is 25.7 Å². The van der Waals surface area contributed by atoms with Crippen molar-refractivity contribution in [1.29, 1.82) is 0 Å². The molecule has 0 saturated carbocycles. The lowest BCUT2D eigenvalue weighted by molar-refractivity contribution is 0.471. The minimum atomic E-state index is -3.67. The molecule has 0 unspecified atom stereocenters. The van der Waals surface area contributed by atoms with E-state index in [9.17, 15) is 13.5 Å². The van der Waals surface area contributed by atoms with Crippen LogP contribution in [0.1, 0.15) is 16.7 Å². The largest absolute Gasteiger partial charge is 0.508 e. The van der Waals surface area contributed by atoms with Crippen molar-refractivity contribution in [1.82, 2.24) is 0 Å². The molecule has 0 aliphatic rings. The fourth-order valence-electron chi connectivity index (χ4n) is 1.93. The van der Waals surface area contributed by atoms with Gasteiger partial charge in [-0.05, 0) is 50.1 Å². The maximum Gasteiger partial charge on any atom is 0.262 e. The number of phenolic OH excluding ortho intramolecular Hbond substituents is 1. The summed E-state index contributed by atoms with van der Waals surface area (Å²) in [6.45, 7) is 5.26. The van der Waals surface area contributed by atoms with Gasteiger partial charge in [0.15, 0.2) is 0 Å². The van der Waals surface area contributed by atoms with Crippen LogP contribution in [0.4, 0.5) is 5.69 Å². The van der Waals surface area contributed by atoms with Crippen LogP contribution < -0.4 is 4.72 Å². The average Bonchev–Trinajstić information content (AvgIpc) is 2.37. The summed E-state index contributed by atoms with van der Waals surface area (Å²) in [4.78, 5) is 0.250. The molecule has 0 radical (unpaired) electrons. The highest BCUT2D eigenvalue weighted by molar-refractivity contribution is 7.92. The highest BCUT2D eigenvalue weighted by Crippen LogP contribution is 2.27. The van der Waals surface area contributed by atoms with Crippen LogP contribution in [0.25, 0.3) is 0 Å². The lowest BCUT2D eigenvalue weighted by Gasteiger charge is -2.13. The second-order valence-electron chi connectivity index (χ2n) is 4.82. The van der Waals surface area contributed by atoms with Crippen LogP contribution in [0.3, 0.4) is 0 Å². The third kappa shape index (κ3) is 2.77. The zero-order valence-electron chi connectivity index (χ0n) is 11.6. The van der Waals surface area contributed by atoms with E-state index < -0.39 is 10.0 Å². The topological polar surface area (TPSA) is 66.4 Å². The molecule has 0 fully saturated rings. The van der Waals surface area contributed by atoms with E-state index in [1.807, 2.05) is 13.0 Å². The lowest BCUT2D eigenvalue weighted by atomic mass is 10.2. The van der Waals surface area contributed by atoms with Crippen LogP contribution in [0.2, 0.25) is 0 Å². The summed E-state index contributed by atoms with van der Waals surface area (Å²) < 4.78 is 27.4. The third-order valence-corrected chi connectivity index (χ3v) is 4.69. The van der Waals surface area contributed by atoms with Gasteiger partial charge in [0.2, 0.25) is 0 Å². The van der Waals surface area contributed by atoms with E-state index in [4.69, 9.17) is 0 Å². The number of aromatic hydroxyl groups is 1. The van der Waals surface area contributed by atoms with Gasteiger partial charge in [0.25, 0.3) is 10.0 Å². The quantitative estimate of drug-likeness (QED) is 0.913. The van der Waals surface area contributed by atoms with Crippen molar-refractivity contribution < 1.29 is 13.5 Å². The predicted molar refractivity (Wildman–Crippen MR) is 79.6 cm³/mol. The average molecular weight is 291 g/mol. The number of rotatable bonds is 3. The lowest BCUT2D eigenvalue weighted by Crippen LogP contribution is -2.15. The van der Waals surface area contributed by atoms with Gasteiger partial charge in [0.05, 0.1) is 10.6 Å². The van der Waals surface area contributed by atoms with E-state index in [0.717, 1.165) is 5.56 Å². The number of anilines is 1. The van der Waals surface area contributed by atoms with Crippen molar-refractivity contribution in [2.75, 3.05) is 4.72 Å². The number of hydrogen-bond acceptors (Lipinski definition) is 3. The second-order valence-corrected chi connectivity index (χ2v) is 6.47. The first-order valence-electron chi connectivity index (χ1n) is 6.20. The first kappa shape index (κ1) is 14.4. The molecule has 0 aromatic heterocycles. The maximum atomic E-state index is 12.4. The molecule has 2 rings (SSSR count). The van der Waals surface area contributed by atoms with Gasteiger partial charge in [0.1, 0.15) is 5.75 Å². The van der Waals surface area contributed by atoms with Crippen molar-refractivity contribution in [2.24, 2.45) is 0 Å². The van der Waals surface area contributed by atoms with E-state index in [1.165, 1.54) is 6.07 Å². The van der Waals surface area contributed by atoms with E-state index in [-0.39, 0.29) is 10.6 Å². The zero-order valence-corrected chi connectivity index (χ0v) is 12.5.